The third-order valence-electron chi connectivity index (χ3n) is 20.8. The lowest BCUT2D eigenvalue weighted by Gasteiger charge is -2.11. The first-order valence-corrected chi connectivity index (χ1v) is 34.2. The monoisotopic (exact) mass is 1270 g/mol. The van der Waals surface area contributed by atoms with Crippen molar-refractivity contribution in [2.24, 2.45) is 0 Å². The van der Waals surface area contributed by atoms with Gasteiger partial charge in [0.1, 0.15) is 22.3 Å². The largest absolute Gasteiger partial charge is 0.455 e. The summed E-state index contributed by atoms with van der Waals surface area (Å²) in [4.78, 5) is 0. The van der Waals surface area contributed by atoms with E-state index in [-0.39, 0.29) is 0 Å². The molecule has 6 heteroatoms. The van der Waals surface area contributed by atoms with Crippen LogP contribution in [0.1, 0.15) is 0 Å². The topological polar surface area (TPSA) is 46.0 Å². The van der Waals surface area contributed by atoms with E-state index in [9.17, 15) is 0 Å². The number of rotatable bonds is 7. The third-order valence-corrected chi connectivity index (χ3v) is 20.8. The van der Waals surface area contributed by atoms with Crippen LogP contribution in [0.15, 0.2) is 361 Å². The summed E-state index contributed by atoms with van der Waals surface area (Å²) in [7, 11) is 0. The van der Waals surface area contributed by atoms with Crippen molar-refractivity contribution in [2.75, 3.05) is 0 Å². The summed E-state index contributed by atoms with van der Waals surface area (Å²) in [6, 6.07) is 127. The van der Waals surface area contributed by atoms with E-state index >= 15 is 0 Å². The Balaban J connectivity index is 0.000000131. The number of aromatic nitrogens is 4. The standard InChI is InChI=1S/C48H30N2O.C46H28N2O/c1-3-12-31(13-4-1)33-24-27-41-44(30-33)49(35-25-22-32(23-26-35)36-18-11-19-40-38-17-8-10-21-45(38)51-48(36)40)43-29-28-39-37-16-7-9-20-42(37)50(47(39)46(41)43)34-14-5-2-6-15-34;1-2-11-31-28-33(25-20-29(31)10-1)48-40-17-6-3-12-35(40)37-26-27-42-44(45(37)48)39-14-4-7-18-41(39)47(42)32-23-21-30(22-24-32)34-15-9-16-38-36-13-5-8-19-43(36)49-46(34)38/h1-30H;1-28H. The van der Waals surface area contributed by atoms with Gasteiger partial charge in [0.15, 0.2) is 0 Å². The molecule has 0 unspecified atom stereocenters. The smallest absolute Gasteiger partial charge is 0.143 e. The molecule has 6 aromatic heterocycles. The zero-order valence-corrected chi connectivity index (χ0v) is 54.1. The maximum Gasteiger partial charge on any atom is 0.143 e. The molecule has 0 radical (unpaired) electrons. The Morgan fingerprint density at radius 1 is 0.190 bits per heavy atom. The fraction of sp³-hybridized carbons (Fsp3) is 0. The Morgan fingerprint density at radius 2 is 0.590 bits per heavy atom. The zero-order valence-electron chi connectivity index (χ0n) is 54.1. The van der Waals surface area contributed by atoms with Gasteiger partial charge in [-0.15, -0.1) is 0 Å². The van der Waals surface area contributed by atoms with E-state index < -0.39 is 0 Å². The van der Waals surface area contributed by atoms with Gasteiger partial charge in [0.05, 0.1) is 44.1 Å². The Hall–Kier alpha value is -13.4. The van der Waals surface area contributed by atoms with Gasteiger partial charge in [0.25, 0.3) is 0 Å². The molecular formula is C94H58N4O2. The van der Waals surface area contributed by atoms with Gasteiger partial charge in [-0.2, -0.15) is 0 Å². The maximum absolute atomic E-state index is 6.42. The number of hydrogen-bond acceptors (Lipinski definition) is 2. The molecule has 466 valence electrons. The SMILES string of the molecule is c1ccc(-c2ccc3c4c(ccc5c6ccccc6n(-c6ccccc6)c54)n(-c4ccc(-c5cccc6c5oc5ccccc56)cc4)c3c2)cc1.c1ccc2cc(-n3c4ccccc4c4ccc5c(c6ccccc6n5-c5ccc(-c6cccc7c6oc6ccccc67)cc5)c43)ccc2c1. The minimum absolute atomic E-state index is 0.912. The second-order valence-corrected chi connectivity index (χ2v) is 26.2. The number of hydrogen-bond donors (Lipinski definition) is 0. The van der Waals surface area contributed by atoms with Crippen LogP contribution in [0.4, 0.5) is 0 Å². The Bertz CT molecular complexity index is 7060. The van der Waals surface area contributed by atoms with Gasteiger partial charge in [-0.05, 0) is 130 Å². The van der Waals surface area contributed by atoms with Crippen LogP contribution in [-0.2, 0) is 0 Å². The van der Waals surface area contributed by atoms with Crippen molar-refractivity contribution in [3.63, 3.8) is 0 Å². The number of fused-ring (bicyclic) bond motifs is 21. The van der Waals surface area contributed by atoms with E-state index in [4.69, 9.17) is 8.83 Å². The molecule has 0 bridgehead atoms. The fourth-order valence-corrected chi connectivity index (χ4v) is 16.4. The van der Waals surface area contributed by atoms with Crippen LogP contribution in [0.3, 0.4) is 0 Å². The average molecular weight is 1280 g/mol. The highest BCUT2D eigenvalue weighted by atomic mass is 16.3. The molecular weight excluding hydrogens is 1220 g/mol. The minimum Gasteiger partial charge on any atom is -0.455 e. The van der Waals surface area contributed by atoms with Crippen LogP contribution in [-0.4, -0.2) is 18.3 Å². The first-order chi connectivity index (χ1) is 49.6. The molecule has 0 amide bonds. The normalized spacial score (nSPS) is 12.0. The predicted octanol–water partition coefficient (Wildman–Crippen LogP) is 25.7. The lowest BCUT2D eigenvalue weighted by molar-refractivity contribution is 0.669. The van der Waals surface area contributed by atoms with Crippen LogP contribution in [0.5, 0.6) is 0 Å². The van der Waals surface area contributed by atoms with E-state index in [1.54, 1.807) is 0 Å². The molecule has 0 aliphatic carbocycles. The highest BCUT2D eigenvalue weighted by molar-refractivity contribution is 6.28. The summed E-state index contributed by atoms with van der Waals surface area (Å²) >= 11 is 0. The minimum atomic E-state index is 0.912. The summed E-state index contributed by atoms with van der Waals surface area (Å²) in [5, 5.41) is 17.0. The van der Waals surface area contributed by atoms with Crippen molar-refractivity contribution in [1.82, 2.24) is 18.3 Å². The van der Waals surface area contributed by atoms with Crippen LogP contribution < -0.4 is 0 Å². The molecule has 0 aliphatic heterocycles. The van der Waals surface area contributed by atoms with Gasteiger partial charge in [0.2, 0.25) is 0 Å². The molecule has 22 rings (SSSR count). The summed E-state index contributed by atoms with van der Waals surface area (Å²) in [6.45, 7) is 0. The second-order valence-electron chi connectivity index (χ2n) is 26.2. The van der Waals surface area contributed by atoms with Crippen LogP contribution in [0.25, 0.3) is 198 Å². The van der Waals surface area contributed by atoms with Gasteiger partial charge < -0.3 is 27.1 Å². The fourth-order valence-electron chi connectivity index (χ4n) is 16.4. The summed E-state index contributed by atoms with van der Waals surface area (Å²) in [5.74, 6) is 0. The molecule has 0 aliphatic rings. The summed E-state index contributed by atoms with van der Waals surface area (Å²) in [5.41, 5.74) is 24.7. The molecule has 22 aromatic rings. The second kappa shape index (κ2) is 22.1. The molecule has 16 aromatic carbocycles. The summed E-state index contributed by atoms with van der Waals surface area (Å²) < 4.78 is 22.6. The molecule has 6 nitrogen and oxygen atoms in total. The van der Waals surface area contributed by atoms with Crippen molar-refractivity contribution < 1.29 is 8.83 Å². The maximum atomic E-state index is 6.42. The Morgan fingerprint density at radius 3 is 1.16 bits per heavy atom. The Kier molecular flexibility index (Phi) is 12.3. The van der Waals surface area contributed by atoms with Crippen molar-refractivity contribution in [2.45, 2.75) is 0 Å². The van der Waals surface area contributed by atoms with Crippen molar-refractivity contribution in [3.8, 4) is 56.1 Å². The van der Waals surface area contributed by atoms with Gasteiger partial charge >= 0.3 is 0 Å². The van der Waals surface area contributed by atoms with Crippen LogP contribution >= 0.6 is 0 Å². The lowest BCUT2D eigenvalue weighted by atomic mass is 10.0. The van der Waals surface area contributed by atoms with E-state index in [1.807, 2.05) is 24.3 Å². The molecule has 0 spiro atoms. The number of benzene rings is 16. The van der Waals surface area contributed by atoms with Gasteiger partial charge in [-0.3, -0.25) is 0 Å². The molecule has 0 fully saturated rings. The van der Waals surface area contributed by atoms with Crippen LogP contribution in [0.2, 0.25) is 0 Å². The highest BCUT2D eigenvalue weighted by Gasteiger charge is 2.25. The van der Waals surface area contributed by atoms with Gasteiger partial charge in [-0.1, -0.05) is 255 Å². The third kappa shape index (κ3) is 8.44. The highest BCUT2D eigenvalue weighted by Crippen LogP contribution is 2.47. The van der Waals surface area contributed by atoms with E-state index in [1.165, 1.54) is 115 Å². The molecule has 6 heterocycles. The Labute approximate surface area is 573 Å². The zero-order chi connectivity index (χ0) is 65.5. The first kappa shape index (κ1) is 55.8. The average Bonchev–Trinajstić information content (AvgIpc) is 1.55. The lowest BCUT2D eigenvalue weighted by Crippen LogP contribution is -1.95. The predicted molar refractivity (Wildman–Crippen MR) is 419 cm³/mol. The summed E-state index contributed by atoms with van der Waals surface area (Å²) in [6.07, 6.45) is 0. The van der Waals surface area contributed by atoms with E-state index in [0.717, 1.165) is 83.2 Å². The van der Waals surface area contributed by atoms with E-state index in [0.29, 0.717) is 0 Å². The number of furan rings is 2. The van der Waals surface area contributed by atoms with Crippen molar-refractivity contribution in [1.29, 1.82) is 0 Å². The quantitative estimate of drug-likeness (QED) is 0.160. The van der Waals surface area contributed by atoms with Crippen LogP contribution in [0, 0.1) is 0 Å². The number of para-hydroxylation sites is 8. The van der Waals surface area contributed by atoms with Gasteiger partial charge in [-0.25, -0.2) is 0 Å². The molecule has 0 saturated carbocycles. The van der Waals surface area contributed by atoms with Crippen molar-refractivity contribution >= 4 is 142 Å². The van der Waals surface area contributed by atoms with Crippen molar-refractivity contribution in [3.05, 3.63) is 352 Å². The molecule has 0 N–H and O–H groups in total. The first-order valence-electron chi connectivity index (χ1n) is 34.2. The number of nitrogens with zero attached hydrogens (tertiary/aromatic N) is 4. The molecule has 0 atom stereocenters. The van der Waals surface area contributed by atoms with Gasteiger partial charge in [0, 0.05) is 98.5 Å². The van der Waals surface area contributed by atoms with E-state index in [2.05, 4.69) is 346 Å². The molecule has 100 heavy (non-hydrogen) atoms. The molecule has 0 saturated heterocycles.